The lowest BCUT2D eigenvalue weighted by molar-refractivity contribution is 0.795. The van der Waals surface area contributed by atoms with Crippen LogP contribution in [-0.2, 0) is 0 Å². The zero-order valence-corrected chi connectivity index (χ0v) is 13.5. The highest BCUT2D eigenvalue weighted by molar-refractivity contribution is 6.73. The summed E-state index contributed by atoms with van der Waals surface area (Å²) in [5.41, 5.74) is 2.56. The lowest BCUT2D eigenvalue weighted by Gasteiger charge is -2.25. The molecule has 0 amide bonds. The lowest BCUT2D eigenvalue weighted by Crippen LogP contribution is -2.43. The Hall–Kier alpha value is -1.64. The highest BCUT2D eigenvalue weighted by atomic mass is 28.3. The fraction of sp³-hybridized carbons (Fsp3) is 0.222. The second kappa shape index (κ2) is 6.68. The van der Waals surface area contributed by atoms with Crippen LogP contribution in [0.25, 0.3) is 6.08 Å². The molecule has 0 aliphatic carbocycles. The van der Waals surface area contributed by atoms with Gasteiger partial charge >= 0.3 is 0 Å². The minimum atomic E-state index is -1.34. The van der Waals surface area contributed by atoms with Crippen LogP contribution in [-0.4, -0.2) is 8.24 Å². The van der Waals surface area contributed by atoms with E-state index in [1.807, 2.05) is 6.07 Å². The van der Waals surface area contributed by atoms with E-state index in [1.54, 1.807) is 0 Å². The fourth-order valence-electron chi connectivity index (χ4n) is 2.14. The SMILES string of the molecule is C[Si](C)(C)NC(C=Cc1ccccc1)c1ccccc1. The predicted molar refractivity (Wildman–Crippen MR) is 91.1 cm³/mol. The van der Waals surface area contributed by atoms with E-state index in [1.165, 1.54) is 11.1 Å². The van der Waals surface area contributed by atoms with Gasteiger partial charge in [-0.05, 0) is 11.1 Å². The smallest absolute Gasteiger partial charge is 0.117 e. The minimum Gasteiger partial charge on any atom is -0.328 e. The maximum absolute atomic E-state index is 3.79. The monoisotopic (exact) mass is 281 g/mol. The molecule has 0 saturated heterocycles. The highest BCUT2D eigenvalue weighted by Gasteiger charge is 2.18. The third-order valence-corrected chi connectivity index (χ3v) is 4.20. The molecule has 0 aromatic heterocycles. The van der Waals surface area contributed by atoms with Gasteiger partial charge in [0.1, 0.15) is 8.24 Å². The van der Waals surface area contributed by atoms with Crippen LogP contribution in [0.4, 0.5) is 0 Å². The second-order valence-electron chi connectivity index (χ2n) is 6.05. The molecule has 20 heavy (non-hydrogen) atoms. The Balaban J connectivity index is 2.21. The molecule has 0 aliphatic heterocycles. The van der Waals surface area contributed by atoms with Gasteiger partial charge in [-0.1, -0.05) is 92.5 Å². The van der Waals surface area contributed by atoms with E-state index in [4.69, 9.17) is 0 Å². The van der Waals surface area contributed by atoms with E-state index >= 15 is 0 Å². The first kappa shape index (κ1) is 14.8. The van der Waals surface area contributed by atoms with E-state index in [-0.39, 0.29) is 6.04 Å². The molecule has 0 bridgehead atoms. The minimum absolute atomic E-state index is 0.281. The molecular formula is C18H23NSi. The molecule has 1 atom stereocenters. The van der Waals surface area contributed by atoms with E-state index in [0.29, 0.717) is 0 Å². The fourth-order valence-corrected chi connectivity index (χ4v) is 3.34. The van der Waals surface area contributed by atoms with Crippen molar-refractivity contribution in [2.75, 3.05) is 0 Å². The van der Waals surface area contributed by atoms with Gasteiger partial charge in [0.2, 0.25) is 0 Å². The first-order valence-electron chi connectivity index (χ1n) is 7.10. The molecule has 2 rings (SSSR count). The number of benzene rings is 2. The second-order valence-corrected chi connectivity index (χ2v) is 10.8. The highest BCUT2D eigenvalue weighted by Crippen LogP contribution is 2.18. The van der Waals surface area contributed by atoms with Gasteiger partial charge in [-0.2, -0.15) is 0 Å². The average molecular weight is 281 g/mol. The van der Waals surface area contributed by atoms with Crippen LogP contribution in [0.15, 0.2) is 66.7 Å². The summed E-state index contributed by atoms with van der Waals surface area (Å²) in [4.78, 5) is 3.79. The zero-order chi connectivity index (χ0) is 14.4. The van der Waals surface area contributed by atoms with E-state index in [2.05, 4.69) is 91.4 Å². The van der Waals surface area contributed by atoms with Gasteiger partial charge in [0.05, 0.1) is 0 Å². The molecule has 0 radical (unpaired) electrons. The quantitative estimate of drug-likeness (QED) is 0.771. The Morgan fingerprint density at radius 1 is 0.850 bits per heavy atom. The summed E-state index contributed by atoms with van der Waals surface area (Å²) >= 11 is 0. The molecule has 0 spiro atoms. The van der Waals surface area contributed by atoms with Crippen molar-refractivity contribution in [3.63, 3.8) is 0 Å². The summed E-state index contributed by atoms with van der Waals surface area (Å²) in [6, 6.07) is 21.4. The number of hydrogen-bond donors (Lipinski definition) is 1. The lowest BCUT2D eigenvalue weighted by atomic mass is 10.1. The zero-order valence-electron chi connectivity index (χ0n) is 12.5. The summed E-state index contributed by atoms with van der Waals surface area (Å²) in [5.74, 6) is 0. The molecule has 2 aromatic carbocycles. The van der Waals surface area contributed by atoms with E-state index < -0.39 is 8.24 Å². The summed E-state index contributed by atoms with van der Waals surface area (Å²) < 4.78 is 0. The van der Waals surface area contributed by atoms with Gasteiger partial charge in [-0.15, -0.1) is 0 Å². The molecule has 0 saturated carbocycles. The topological polar surface area (TPSA) is 12.0 Å². The number of hydrogen-bond acceptors (Lipinski definition) is 1. The van der Waals surface area contributed by atoms with Crippen molar-refractivity contribution in [1.82, 2.24) is 4.98 Å². The van der Waals surface area contributed by atoms with Crippen LogP contribution >= 0.6 is 0 Å². The van der Waals surface area contributed by atoms with Crippen molar-refractivity contribution in [2.24, 2.45) is 0 Å². The van der Waals surface area contributed by atoms with Crippen LogP contribution in [0.5, 0.6) is 0 Å². The maximum atomic E-state index is 3.79. The number of rotatable bonds is 5. The standard InChI is InChI=1S/C18H23NSi/c1-20(2,3)19-18(17-12-8-5-9-13-17)15-14-16-10-6-4-7-11-16/h4-15,18-19H,1-3H3. The summed E-state index contributed by atoms with van der Waals surface area (Å²) in [6.07, 6.45) is 4.47. The van der Waals surface area contributed by atoms with Crippen LogP contribution < -0.4 is 4.98 Å². The Morgan fingerprint density at radius 3 is 1.95 bits per heavy atom. The average Bonchev–Trinajstić information content (AvgIpc) is 2.44. The van der Waals surface area contributed by atoms with Crippen molar-refractivity contribution in [3.8, 4) is 0 Å². The van der Waals surface area contributed by atoms with E-state index in [0.717, 1.165) is 0 Å². The Bertz CT molecular complexity index is 541. The van der Waals surface area contributed by atoms with Gasteiger partial charge < -0.3 is 4.98 Å². The predicted octanol–water partition coefficient (Wildman–Crippen LogP) is 4.87. The van der Waals surface area contributed by atoms with Gasteiger partial charge in [0.15, 0.2) is 0 Å². The molecule has 0 aliphatic rings. The Kier molecular flexibility index (Phi) is 4.93. The summed E-state index contributed by atoms with van der Waals surface area (Å²) in [7, 11) is -1.34. The summed E-state index contributed by atoms with van der Waals surface area (Å²) in [6.45, 7) is 7.00. The van der Waals surface area contributed by atoms with Crippen molar-refractivity contribution < 1.29 is 0 Å². The first-order valence-corrected chi connectivity index (χ1v) is 10.6. The Labute approximate surface area is 123 Å². The Morgan fingerprint density at radius 2 is 1.40 bits per heavy atom. The van der Waals surface area contributed by atoms with Crippen LogP contribution in [0.1, 0.15) is 17.2 Å². The van der Waals surface area contributed by atoms with Crippen LogP contribution in [0.2, 0.25) is 19.6 Å². The molecule has 1 nitrogen and oxygen atoms in total. The van der Waals surface area contributed by atoms with Crippen molar-refractivity contribution in [2.45, 2.75) is 25.7 Å². The van der Waals surface area contributed by atoms with Gasteiger partial charge in [0, 0.05) is 6.04 Å². The summed E-state index contributed by atoms with van der Waals surface area (Å²) in [5, 5.41) is 0. The van der Waals surface area contributed by atoms with Crippen molar-refractivity contribution in [1.29, 1.82) is 0 Å². The molecule has 1 unspecified atom stereocenters. The van der Waals surface area contributed by atoms with Gasteiger partial charge in [-0.25, -0.2) is 0 Å². The molecule has 0 fully saturated rings. The van der Waals surface area contributed by atoms with Crippen molar-refractivity contribution >= 4 is 14.3 Å². The molecule has 0 heterocycles. The normalized spacial score (nSPS) is 13.6. The van der Waals surface area contributed by atoms with Gasteiger partial charge in [0.25, 0.3) is 0 Å². The van der Waals surface area contributed by atoms with Gasteiger partial charge in [-0.3, -0.25) is 0 Å². The molecule has 2 heteroatoms. The third kappa shape index (κ3) is 4.80. The molecule has 2 aromatic rings. The number of nitrogens with one attached hydrogen (secondary N) is 1. The molecular weight excluding hydrogens is 258 g/mol. The maximum Gasteiger partial charge on any atom is 0.117 e. The molecule has 1 N–H and O–H groups in total. The largest absolute Gasteiger partial charge is 0.328 e. The van der Waals surface area contributed by atoms with Crippen LogP contribution in [0, 0.1) is 0 Å². The van der Waals surface area contributed by atoms with Crippen molar-refractivity contribution in [3.05, 3.63) is 77.9 Å². The van der Waals surface area contributed by atoms with E-state index in [9.17, 15) is 0 Å². The molecule has 104 valence electrons. The van der Waals surface area contributed by atoms with Crippen LogP contribution in [0.3, 0.4) is 0 Å². The third-order valence-electron chi connectivity index (χ3n) is 3.03. The first-order chi connectivity index (χ1) is 9.54.